The molecule has 8 nitrogen and oxygen atoms in total. The third-order valence-electron chi connectivity index (χ3n) is 3.18. The number of anilines is 1. The van der Waals surface area contributed by atoms with Crippen molar-refractivity contribution in [2.24, 2.45) is 0 Å². The molecule has 0 aromatic carbocycles. The van der Waals surface area contributed by atoms with E-state index in [9.17, 15) is 4.79 Å². The largest absolute Gasteiger partial charge is 0.394 e. The summed E-state index contributed by atoms with van der Waals surface area (Å²) >= 11 is 0. The Labute approximate surface area is 116 Å². The summed E-state index contributed by atoms with van der Waals surface area (Å²) in [6.45, 7) is 4.27. The van der Waals surface area contributed by atoms with E-state index in [0.29, 0.717) is 30.3 Å². The molecule has 2 unspecified atom stereocenters. The first kappa shape index (κ1) is 14.6. The van der Waals surface area contributed by atoms with Gasteiger partial charge in [0.15, 0.2) is 0 Å². The second-order valence-electron chi connectivity index (χ2n) is 4.69. The molecule has 1 aliphatic heterocycles. The SMILES string of the molecule is Cc1nc(N(C=N)C2CNCC(CO)O2)c(C)c(=O)[nH]1. The first-order chi connectivity index (χ1) is 9.56. The molecule has 1 saturated heterocycles. The maximum Gasteiger partial charge on any atom is 0.255 e. The lowest BCUT2D eigenvalue weighted by Crippen LogP contribution is -2.54. The summed E-state index contributed by atoms with van der Waals surface area (Å²) in [6, 6.07) is 0. The number of aliphatic hydroxyl groups is 1. The molecule has 2 atom stereocenters. The van der Waals surface area contributed by atoms with Gasteiger partial charge in [0.2, 0.25) is 0 Å². The van der Waals surface area contributed by atoms with E-state index in [-0.39, 0.29) is 18.3 Å². The Hall–Kier alpha value is -1.77. The van der Waals surface area contributed by atoms with Gasteiger partial charge < -0.3 is 20.1 Å². The molecule has 0 amide bonds. The van der Waals surface area contributed by atoms with Gasteiger partial charge in [-0.3, -0.25) is 15.1 Å². The molecule has 0 spiro atoms. The fraction of sp³-hybridized carbons (Fsp3) is 0.583. The molecule has 4 N–H and O–H groups in total. The predicted octanol–water partition coefficient (Wildman–Crippen LogP) is -0.893. The van der Waals surface area contributed by atoms with Crippen LogP contribution in [0.4, 0.5) is 5.82 Å². The highest BCUT2D eigenvalue weighted by Gasteiger charge is 2.28. The van der Waals surface area contributed by atoms with Gasteiger partial charge in [-0.25, -0.2) is 4.98 Å². The van der Waals surface area contributed by atoms with Crippen molar-refractivity contribution in [1.82, 2.24) is 15.3 Å². The maximum atomic E-state index is 11.8. The molecular weight excluding hydrogens is 262 g/mol. The molecule has 110 valence electrons. The molecule has 1 aliphatic rings. The maximum absolute atomic E-state index is 11.8. The number of aromatic amines is 1. The zero-order valence-electron chi connectivity index (χ0n) is 11.5. The van der Waals surface area contributed by atoms with E-state index in [2.05, 4.69) is 15.3 Å². The number of aryl methyl sites for hydroxylation is 1. The summed E-state index contributed by atoms with van der Waals surface area (Å²) in [6.07, 6.45) is 0.269. The fourth-order valence-corrected chi connectivity index (χ4v) is 2.12. The Morgan fingerprint density at radius 2 is 2.30 bits per heavy atom. The van der Waals surface area contributed by atoms with Gasteiger partial charge in [0.25, 0.3) is 5.56 Å². The first-order valence-electron chi connectivity index (χ1n) is 6.40. The van der Waals surface area contributed by atoms with Crippen molar-refractivity contribution in [2.45, 2.75) is 26.2 Å². The van der Waals surface area contributed by atoms with Crippen LogP contribution in [-0.2, 0) is 4.74 Å². The van der Waals surface area contributed by atoms with E-state index < -0.39 is 6.23 Å². The van der Waals surface area contributed by atoms with E-state index >= 15 is 0 Å². The number of hydrogen-bond donors (Lipinski definition) is 4. The van der Waals surface area contributed by atoms with Crippen molar-refractivity contribution in [3.8, 4) is 0 Å². The second kappa shape index (κ2) is 6.12. The van der Waals surface area contributed by atoms with Gasteiger partial charge in [0.1, 0.15) is 17.9 Å². The minimum absolute atomic E-state index is 0.101. The summed E-state index contributed by atoms with van der Waals surface area (Å²) < 4.78 is 5.69. The van der Waals surface area contributed by atoms with Crippen LogP contribution in [0.15, 0.2) is 4.79 Å². The van der Waals surface area contributed by atoms with E-state index in [1.165, 1.54) is 4.90 Å². The molecule has 1 aromatic heterocycles. The normalized spacial score (nSPS) is 22.6. The molecule has 8 heteroatoms. The van der Waals surface area contributed by atoms with Gasteiger partial charge in [-0.1, -0.05) is 0 Å². The number of aromatic nitrogens is 2. The summed E-state index contributed by atoms with van der Waals surface area (Å²) in [7, 11) is 0. The number of aliphatic hydroxyl groups excluding tert-OH is 1. The zero-order valence-corrected chi connectivity index (χ0v) is 11.5. The molecule has 0 radical (unpaired) electrons. The Balaban J connectivity index is 2.33. The molecule has 2 rings (SSSR count). The van der Waals surface area contributed by atoms with E-state index in [0.717, 1.165) is 6.34 Å². The van der Waals surface area contributed by atoms with E-state index in [1.807, 2.05) is 0 Å². The number of H-pyrrole nitrogens is 1. The Morgan fingerprint density at radius 1 is 1.55 bits per heavy atom. The van der Waals surface area contributed by atoms with Crippen molar-refractivity contribution >= 4 is 12.2 Å². The van der Waals surface area contributed by atoms with Gasteiger partial charge in [0.05, 0.1) is 24.6 Å². The summed E-state index contributed by atoms with van der Waals surface area (Å²) in [5, 5.41) is 19.9. The monoisotopic (exact) mass is 281 g/mol. The molecule has 1 aromatic rings. The average Bonchev–Trinajstić information content (AvgIpc) is 2.45. The third-order valence-corrected chi connectivity index (χ3v) is 3.18. The lowest BCUT2D eigenvalue weighted by atomic mass is 10.2. The highest BCUT2D eigenvalue weighted by atomic mass is 16.5. The highest BCUT2D eigenvalue weighted by molar-refractivity contribution is 5.76. The Kier molecular flexibility index (Phi) is 4.48. The van der Waals surface area contributed by atoms with E-state index in [4.69, 9.17) is 15.3 Å². The zero-order chi connectivity index (χ0) is 14.7. The van der Waals surface area contributed by atoms with Gasteiger partial charge in [-0.05, 0) is 13.8 Å². The van der Waals surface area contributed by atoms with Crippen molar-refractivity contribution in [2.75, 3.05) is 24.6 Å². The Bertz CT molecular complexity index is 544. The van der Waals surface area contributed by atoms with Crippen LogP contribution in [0.3, 0.4) is 0 Å². The average molecular weight is 281 g/mol. The van der Waals surface area contributed by atoms with Crippen LogP contribution >= 0.6 is 0 Å². The molecule has 1 fully saturated rings. The van der Waals surface area contributed by atoms with Crippen LogP contribution in [0.1, 0.15) is 11.4 Å². The minimum atomic E-state index is -0.481. The van der Waals surface area contributed by atoms with Gasteiger partial charge in [0, 0.05) is 13.1 Å². The third kappa shape index (κ3) is 2.87. The molecular formula is C12H19N5O3. The van der Waals surface area contributed by atoms with Crippen LogP contribution in [-0.4, -0.2) is 53.4 Å². The summed E-state index contributed by atoms with van der Waals surface area (Å²) in [4.78, 5) is 20.2. The molecule has 20 heavy (non-hydrogen) atoms. The standard InChI is InChI=1S/C12H19N5O3/c1-7-11(15-8(2)16-12(7)19)17(6-13)10-4-14-3-9(5-18)20-10/h6,9-10,13-14,18H,3-5H2,1-2H3,(H,15,16,19). The van der Waals surface area contributed by atoms with Crippen molar-refractivity contribution in [3.05, 3.63) is 21.7 Å². The van der Waals surface area contributed by atoms with Crippen molar-refractivity contribution in [3.63, 3.8) is 0 Å². The fourth-order valence-electron chi connectivity index (χ4n) is 2.12. The van der Waals surface area contributed by atoms with E-state index in [1.54, 1.807) is 13.8 Å². The van der Waals surface area contributed by atoms with Crippen molar-refractivity contribution < 1.29 is 9.84 Å². The number of ether oxygens (including phenoxy) is 1. The lowest BCUT2D eigenvalue weighted by Gasteiger charge is -2.36. The summed E-state index contributed by atoms with van der Waals surface area (Å²) in [5.74, 6) is 0.872. The van der Waals surface area contributed by atoms with Crippen LogP contribution < -0.4 is 15.8 Å². The number of morpholine rings is 1. The molecule has 0 bridgehead atoms. The van der Waals surface area contributed by atoms with Gasteiger partial charge in [-0.2, -0.15) is 0 Å². The van der Waals surface area contributed by atoms with Crippen LogP contribution in [0.25, 0.3) is 0 Å². The number of hydrogen-bond acceptors (Lipinski definition) is 6. The van der Waals surface area contributed by atoms with Crippen LogP contribution in [0, 0.1) is 19.3 Å². The second-order valence-corrected chi connectivity index (χ2v) is 4.69. The predicted molar refractivity (Wildman–Crippen MR) is 74.2 cm³/mol. The first-order valence-corrected chi connectivity index (χ1v) is 6.40. The topological polar surface area (TPSA) is 114 Å². The molecule has 0 aliphatic carbocycles. The quantitative estimate of drug-likeness (QED) is 0.420. The number of nitrogens with one attached hydrogen (secondary N) is 3. The van der Waals surface area contributed by atoms with Crippen LogP contribution in [0.5, 0.6) is 0 Å². The van der Waals surface area contributed by atoms with Crippen molar-refractivity contribution in [1.29, 1.82) is 5.41 Å². The molecule has 0 saturated carbocycles. The van der Waals surface area contributed by atoms with Gasteiger partial charge >= 0.3 is 0 Å². The highest BCUT2D eigenvalue weighted by Crippen LogP contribution is 2.18. The molecule has 2 heterocycles. The summed E-state index contributed by atoms with van der Waals surface area (Å²) in [5.41, 5.74) is 0.190. The van der Waals surface area contributed by atoms with Gasteiger partial charge in [-0.15, -0.1) is 0 Å². The minimum Gasteiger partial charge on any atom is -0.394 e. The lowest BCUT2D eigenvalue weighted by molar-refractivity contribution is -0.0555. The number of rotatable bonds is 4. The smallest absolute Gasteiger partial charge is 0.255 e. The Morgan fingerprint density at radius 3 is 2.95 bits per heavy atom. The number of nitrogens with zero attached hydrogens (tertiary/aromatic N) is 2. The van der Waals surface area contributed by atoms with Crippen LogP contribution in [0.2, 0.25) is 0 Å².